The highest BCUT2D eigenvalue weighted by Crippen LogP contribution is 2.15. The SMILES string of the molecule is CC(OCCCNC(=O)c1cc(Br)c[nH]1)c1ccccc1. The van der Waals surface area contributed by atoms with Gasteiger partial charge in [-0.2, -0.15) is 0 Å². The number of aromatic nitrogens is 1. The lowest BCUT2D eigenvalue weighted by atomic mass is 10.1. The smallest absolute Gasteiger partial charge is 0.267 e. The van der Waals surface area contributed by atoms with E-state index in [1.807, 2.05) is 25.1 Å². The summed E-state index contributed by atoms with van der Waals surface area (Å²) < 4.78 is 6.62. The Morgan fingerprint density at radius 1 is 1.38 bits per heavy atom. The number of halogens is 1. The lowest BCUT2D eigenvalue weighted by Crippen LogP contribution is -2.25. The molecule has 0 aliphatic carbocycles. The van der Waals surface area contributed by atoms with Crippen LogP contribution in [0, 0.1) is 0 Å². The quantitative estimate of drug-likeness (QED) is 0.748. The Labute approximate surface area is 133 Å². The van der Waals surface area contributed by atoms with Crippen LogP contribution in [0.4, 0.5) is 0 Å². The highest BCUT2D eigenvalue weighted by molar-refractivity contribution is 9.10. The van der Waals surface area contributed by atoms with Gasteiger partial charge in [0.1, 0.15) is 5.69 Å². The zero-order chi connectivity index (χ0) is 15.1. The molecule has 1 amide bonds. The summed E-state index contributed by atoms with van der Waals surface area (Å²) in [4.78, 5) is 14.7. The number of nitrogens with one attached hydrogen (secondary N) is 2. The van der Waals surface area contributed by atoms with Gasteiger partial charge in [0.05, 0.1) is 6.10 Å². The van der Waals surface area contributed by atoms with Gasteiger partial charge in [0.25, 0.3) is 5.91 Å². The molecule has 0 spiro atoms. The molecular formula is C16H19BrN2O2. The number of carbonyl (C=O) groups excluding carboxylic acids is 1. The highest BCUT2D eigenvalue weighted by Gasteiger charge is 2.07. The molecule has 1 aromatic heterocycles. The van der Waals surface area contributed by atoms with Gasteiger partial charge in [-0.1, -0.05) is 30.3 Å². The van der Waals surface area contributed by atoms with E-state index < -0.39 is 0 Å². The Hall–Kier alpha value is -1.59. The normalized spacial score (nSPS) is 12.1. The van der Waals surface area contributed by atoms with Gasteiger partial charge in [-0.05, 0) is 40.9 Å². The van der Waals surface area contributed by atoms with E-state index in [0.717, 1.165) is 16.5 Å². The van der Waals surface area contributed by atoms with Gasteiger partial charge in [0, 0.05) is 23.8 Å². The van der Waals surface area contributed by atoms with E-state index in [4.69, 9.17) is 4.74 Å². The molecule has 1 unspecified atom stereocenters. The Kier molecular flexibility index (Phi) is 6.02. The zero-order valence-electron chi connectivity index (χ0n) is 11.9. The van der Waals surface area contributed by atoms with E-state index in [1.165, 1.54) is 0 Å². The predicted octanol–water partition coefficient (Wildman–Crippen LogP) is 3.67. The third kappa shape index (κ3) is 5.02. The average molecular weight is 351 g/mol. The van der Waals surface area contributed by atoms with Gasteiger partial charge >= 0.3 is 0 Å². The molecule has 5 heteroatoms. The number of hydrogen-bond acceptors (Lipinski definition) is 2. The lowest BCUT2D eigenvalue weighted by Gasteiger charge is -2.13. The van der Waals surface area contributed by atoms with Gasteiger partial charge < -0.3 is 15.0 Å². The third-order valence-corrected chi connectivity index (χ3v) is 3.59. The summed E-state index contributed by atoms with van der Waals surface area (Å²) >= 11 is 3.30. The van der Waals surface area contributed by atoms with Crippen LogP contribution in [0.2, 0.25) is 0 Å². The van der Waals surface area contributed by atoms with E-state index in [-0.39, 0.29) is 12.0 Å². The summed E-state index contributed by atoms with van der Waals surface area (Å²) in [5.41, 5.74) is 1.72. The Bertz CT molecular complexity index is 569. The number of H-pyrrole nitrogens is 1. The first-order valence-electron chi connectivity index (χ1n) is 6.95. The van der Waals surface area contributed by atoms with E-state index in [9.17, 15) is 4.79 Å². The molecule has 1 aromatic carbocycles. The molecule has 1 heterocycles. The largest absolute Gasteiger partial charge is 0.374 e. The van der Waals surface area contributed by atoms with Crippen LogP contribution in [0.5, 0.6) is 0 Å². The fourth-order valence-electron chi connectivity index (χ4n) is 1.95. The second-order valence-corrected chi connectivity index (χ2v) is 5.68. The summed E-state index contributed by atoms with van der Waals surface area (Å²) in [5.74, 6) is -0.100. The van der Waals surface area contributed by atoms with Crippen molar-refractivity contribution in [3.05, 3.63) is 58.3 Å². The number of rotatable bonds is 7. The van der Waals surface area contributed by atoms with Crippen molar-refractivity contribution < 1.29 is 9.53 Å². The third-order valence-electron chi connectivity index (χ3n) is 3.14. The van der Waals surface area contributed by atoms with Crippen LogP contribution in [0.15, 0.2) is 47.1 Å². The van der Waals surface area contributed by atoms with Crippen molar-refractivity contribution in [3.8, 4) is 0 Å². The average Bonchev–Trinajstić information content (AvgIpc) is 2.94. The molecule has 0 saturated heterocycles. The molecule has 4 nitrogen and oxygen atoms in total. The van der Waals surface area contributed by atoms with Gasteiger partial charge in [-0.25, -0.2) is 0 Å². The van der Waals surface area contributed by atoms with E-state index in [1.54, 1.807) is 12.3 Å². The summed E-state index contributed by atoms with van der Waals surface area (Å²) in [6.07, 6.45) is 2.59. The first-order chi connectivity index (χ1) is 10.2. The summed E-state index contributed by atoms with van der Waals surface area (Å²) in [6, 6.07) is 11.9. The van der Waals surface area contributed by atoms with Crippen molar-refractivity contribution in [1.82, 2.24) is 10.3 Å². The molecule has 112 valence electrons. The van der Waals surface area contributed by atoms with Gasteiger partial charge in [0.15, 0.2) is 0 Å². The van der Waals surface area contributed by atoms with Crippen LogP contribution in [-0.4, -0.2) is 24.0 Å². The van der Waals surface area contributed by atoms with Crippen molar-refractivity contribution in [2.75, 3.05) is 13.2 Å². The van der Waals surface area contributed by atoms with E-state index in [0.29, 0.717) is 18.8 Å². The number of amides is 1. The Morgan fingerprint density at radius 3 is 2.81 bits per heavy atom. The number of carbonyl (C=O) groups is 1. The molecule has 2 N–H and O–H groups in total. The van der Waals surface area contributed by atoms with Gasteiger partial charge in [0.2, 0.25) is 0 Å². The Balaban J connectivity index is 1.63. The molecule has 0 aliphatic rings. The first-order valence-corrected chi connectivity index (χ1v) is 7.75. The minimum atomic E-state index is -0.100. The van der Waals surface area contributed by atoms with Crippen LogP contribution < -0.4 is 5.32 Å². The molecule has 21 heavy (non-hydrogen) atoms. The number of aromatic amines is 1. The minimum absolute atomic E-state index is 0.0706. The molecular weight excluding hydrogens is 332 g/mol. The maximum absolute atomic E-state index is 11.8. The summed E-state index contributed by atoms with van der Waals surface area (Å²) in [5, 5.41) is 2.85. The second kappa shape index (κ2) is 8.00. The summed E-state index contributed by atoms with van der Waals surface area (Å²) in [7, 11) is 0. The van der Waals surface area contributed by atoms with E-state index >= 15 is 0 Å². The fourth-order valence-corrected chi connectivity index (χ4v) is 2.29. The summed E-state index contributed by atoms with van der Waals surface area (Å²) in [6.45, 7) is 3.24. The maximum Gasteiger partial charge on any atom is 0.267 e. The molecule has 2 aromatic rings. The number of hydrogen-bond donors (Lipinski definition) is 2. The maximum atomic E-state index is 11.8. The standard InChI is InChI=1S/C16H19BrN2O2/c1-12(13-6-3-2-4-7-13)21-9-5-8-18-16(20)15-10-14(17)11-19-15/h2-4,6-7,10-12,19H,5,8-9H2,1H3,(H,18,20). The minimum Gasteiger partial charge on any atom is -0.374 e. The Morgan fingerprint density at radius 2 is 2.14 bits per heavy atom. The predicted molar refractivity (Wildman–Crippen MR) is 86.3 cm³/mol. The molecule has 0 aliphatic heterocycles. The first kappa shape index (κ1) is 15.8. The van der Waals surface area contributed by atoms with Crippen LogP contribution in [0.25, 0.3) is 0 Å². The van der Waals surface area contributed by atoms with Crippen LogP contribution in [-0.2, 0) is 4.74 Å². The van der Waals surface area contributed by atoms with Crippen LogP contribution in [0.1, 0.15) is 35.5 Å². The molecule has 0 fully saturated rings. The second-order valence-electron chi connectivity index (χ2n) is 4.76. The van der Waals surface area contributed by atoms with Gasteiger partial charge in [-0.3, -0.25) is 4.79 Å². The van der Waals surface area contributed by atoms with Crippen molar-refractivity contribution in [2.45, 2.75) is 19.4 Å². The molecule has 0 bridgehead atoms. The number of benzene rings is 1. The van der Waals surface area contributed by atoms with Crippen molar-refractivity contribution in [2.24, 2.45) is 0 Å². The molecule has 0 saturated carbocycles. The van der Waals surface area contributed by atoms with Crippen molar-refractivity contribution >= 4 is 21.8 Å². The lowest BCUT2D eigenvalue weighted by molar-refractivity contribution is 0.0634. The monoisotopic (exact) mass is 350 g/mol. The van der Waals surface area contributed by atoms with Crippen LogP contribution >= 0.6 is 15.9 Å². The highest BCUT2D eigenvalue weighted by atomic mass is 79.9. The van der Waals surface area contributed by atoms with Gasteiger partial charge in [-0.15, -0.1) is 0 Å². The fraction of sp³-hybridized carbons (Fsp3) is 0.312. The topological polar surface area (TPSA) is 54.1 Å². The van der Waals surface area contributed by atoms with Crippen molar-refractivity contribution in [3.63, 3.8) is 0 Å². The van der Waals surface area contributed by atoms with Crippen LogP contribution in [0.3, 0.4) is 0 Å². The van der Waals surface area contributed by atoms with E-state index in [2.05, 4.69) is 38.4 Å². The molecule has 1 atom stereocenters. The molecule has 2 rings (SSSR count). The molecule has 0 radical (unpaired) electrons. The van der Waals surface area contributed by atoms with Crippen molar-refractivity contribution in [1.29, 1.82) is 0 Å². The number of ether oxygens (including phenoxy) is 1. The zero-order valence-corrected chi connectivity index (χ0v) is 13.5.